The molecular formula is C13H8N4S. The van der Waals surface area contributed by atoms with Crippen LogP contribution in [0.5, 0.6) is 0 Å². The summed E-state index contributed by atoms with van der Waals surface area (Å²) in [6, 6.07) is 12.4. The molecule has 0 aliphatic carbocycles. The van der Waals surface area contributed by atoms with Crippen molar-refractivity contribution in [2.24, 2.45) is 0 Å². The number of rotatable bonds is 1. The summed E-state index contributed by atoms with van der Waals surface area (Å²) in [5.74, 6) is 0. The Labute approximate surface area is 107 Å². The maximum absolute atomic E-state index is 4.43. The Morgan fingerprint density at radius 3 is 2.83 bits per heavy atom. The smallest absolute Gasteiger partial charge is 0.172 e. The summed E-state index contributed by atoms with van der Waals surface area (Å²) in [5, 5.41) is 9.10. The molecule has 4 rings (SSSR count). The van der Waals surface area contributed by atoms with Crippen molar-refractivity contribution in [2.45, 2.75) is 0 Å². The lowest BCUT2D eigenvalue weighted by Crippen LogP contribution is -1.84. The molecule has 86 valence electrons. The second-order valence-electron chi connectivity index (χ2n) is 4.00. The van der Waals surface area contributed by atoms with Gasteiger partial charge < -0.3 is 0 Å². The quantitative estimate of drug-likeness (QED) is 0.523. The van der Waals surface area contributed by atoms with Gasteiger partial charge in [-0.1, -0.05) is 30.3 Å². The first kappa shape index (κ1) is 9.73. The van der Waals surface area contributed by atoms with Crippen LogP contribution < -0.4 is 0 Å². The highest BCUT2D eigenvalue weighted by molar-refractivity contribution is 7.21. The van der Waals surface area contributed by atoms with Crippen molar-refractivity contribution in [1.82, 2.24) is 19.6 Å². The van der Waals surface area contributed by atoms with Gasteiger partial charge >= 0.3 is 0 Å². The van der Waals surface area contributed by atoms with Crippen molar-refractivity contribution in [1.29, 1.82) is 0 Å². The summed E-state index contributed by atoms with van der Waals surface area (Å²) >= 11 is 1.68. The Balaban J connectivity index is 2.04. The SMILES string of the molecule is c1ccc(-c2cc3c(ncn4cnnc34)s2)cc1. The summed E-state index contributed by atoms with van der Waals surface area (Å²) in [7, 11) is 0. The van der Waals surface area contributed by atoms with Crippen molar-refractivity contribution in [2.75, 3.05) is 0 Å². The molecule has 0 spiro atoms. The summed E-state index contributed by atoms with van der Waals surface area (Å²) in [6.07, 6.45) is 3.42. The van der Waals surface area contributed by atoms with E-state index in [-0.39, 0.29) is 0 Å². The van der Waals surface area contributed by atoms with Crippen LogP contribution in [-0.2, 0) is 0 Å². The molecule has 0 radical (unpaired) electrons. The number of benzene rings is 1. The Morgan fingerprint density at radius 2 is 1.94 bits per heavy atom. The van der Waals surface area contributed by atoms with Gasteiger partial charge in [0.1, 0.15) is 17.5 Å². The van der Waals surface area contributed by atoms with Crippen LogP contribution in [0.15, 0.2) is 49.1 Å². The third-order valence-corrected chi connectivity index (χ3v) is 3.98. The molecule has 5 heteroatoms. The Bertz CT molecular complexity index is 832. The van der Waals surface area contributed by atoms with Crippen molar-refractivity contribution in [3.05, 3.63) is 49.1 Å². The molecule has 0 atom stereocenters. The fourth-order valence-electron chi connectivity index (χ4n) is 2.02. The van der Waals surface area contributed by atoms with Gasteiger partial charge in [-0.3, -0.25) is 4.40 Å². The molecule has 4 aromatic rings. The lowest BCUT2D eigenvalue weighted by molar-refractivity contribution is 1.08. The summed E-state index contributed by atoms with van der Waals surface area (Å²) in [4.78, 5) is 6.63. The molecule has 3 aromatic heterocycles. The maximum Gasteiger partial charge on any atom is 0.172 e. The van der Waals surface area contributed by atoms with Gasteiger partial charge in [0.25, 0.3) is 0 Å². The Morgan fingerprint density at radius 1 is 1.06 bits per heavy atom. The Kier molecular flexibility index (Phi) is 1.95. The highest BCUT2D eigenvalue weighted by atomic mass is 32.1. The molecule has 0 N–H and O–H groups in total. The predicted molar refractivity (Wildman–Crippen MR) is 71.6 cm³/mol. The molecule has 0 bridgehead atoms. The highest BCUT2D eigenvalue weighted by Gasteiger charge is 2.09. The molecule has 3 heterocycles. The minimum atomic E-state index is 0.860. The van der Waals surface area contributed by atoms with Gasteiger partial charge in [-0.25, -0.2) is 4.98 Å². The number of hydrogen-bond donors (Lipinski definition) is 0. The van der Waals surface area contributed by atoms with Crippen LogP contribution in [0.4, 0.5) is 0 Å². The van der Waals surface area contributed by atoms with Crippen molar-refractivity contribution in [3.63, 3.8) is 0 Å². The van der Waals surface area contributed by atoms with Crippen LogP contribution in [0.1, 0.15) is 0 Å². The molecule has 4 nitrogen and oxygen atoms in total. The van der Waals surface area contributed by atoms with Crippen LogP contribution in [0.25, 0.3) is 26.3 Å². The van der Waals surface area contributed by atoms with Crippen LogP contribution in [0.3, 0.4) is 0 Å². The molecule has 0 fully saturated rings. The zero-order chi connectivity index (χ0) is 11.9. The van der Waals surface area contributed by atoms with Gasteiger partial charge in [-0.2, -0.15) is 0 Å². The molecule has 0 aliphatic heterocycles. The minimum absolute atomic E-state index is 0.860. The molecule has 0 saturated carbocycles. The van der Waals surface area contributed by atoms with Crippen molar-refractivity contribution < 1.29 is 0 Å². The van der Waals surface area contributed by atoms with E-state index in [1.54, 1.807) is 24.0 Å². The average Bonchev–Trinajstić information content (AvgIpc) is 3.05. The number of thiophene rings is 1. The first-order valence-corrected chi connectivity index (χ1v) is 6.37. The molecule has 0 aliphatic rings. The van der Waals surface area contributed by atoms with E-state index in [0.29, 0.717) is 0 Å². The third kappa shape index (κ3) is 1.34. The van der Waals surface area contributed by atoms with Gasteiger partial charge in [-0.05, 0) is 11.6 Å². The lowest BCUT2D eigenvalue weighted by Gasteiger charge is -1.93. The van der Waals surface area contributed by atoms with E-state index in [2.05, 4.69) is 33.4 Å². The van der Waals surface area contributed by atoms with Gasteiger partial charge in [0, 0.05) is 4.88 Å². The zero-order valence-electron chi connectivity index (χ0n) is 9.32. The fraction of sp³-hybridized carbons (Fsp3) is 0. The van der Waals surface area contributed by atoms with E-state index in [1.807, 2.05) is 22.6 Å². The number of hydrogen-bond acceptors (Lipinski definition) is 4. The largest absolute Gasteiger partial charge is 0.271 e. The fourth-order valence-corrected chi connectivity index (χ4v) is 3.02. The standard InChI is InChI=1S/C13H8N4S/c1-2-4-9(5-3-1)11-6-10-12-16-15-8-17(12)7-14-13(10)18-11/h1-8H. The van der Waals surface area contributed by atoms with Gasteiger partial charge in [-0.15, -0.1) is 21.5 Å². The topological polar surface area (TPSA) is 43.1 Å². The van der Waals surface area contributed by atoms with Gasteiger partial charge in [0.05, 0.1) is 5.39 Å². The molecule has 0 amide bonds. The minimum Gasteiger partial charge on any atom is -0.271 e. The number of nitrogens with zero attached hydrogens (tertiary/aromatic N) is 4. The van der Waals surface area contributed by atoms with Crippen LogP contribution >= 0.6 is 11.3 Å². The van der Waals surface area contributed by atoms with Crippen molar-refractivity contribution in [3.8, 4) is 10.4 Å². The second kappa shape index (κ2) is 3.61. The van der Waals surface area contributed by atoms with E-state index in [4.69, 9.17) is 0 Å². The van der Waals surface area contributed by atoms with Crippen LogP contribution in [-0.4, -0.2) is 19.6 Å². The first-order valence-electron chi connectivity index (χ1n) is 5.55. The normalized spacial score (nSPS) is 11.3. The first-order chi connectivity index (χ1) is 8.92. The molecule has 1 aromatic carbocycles. The average molecular weight is 252 g/mol. The van der Waals surface area contributed by atoms with E-state index < -0.39 is 0 Å². The maximum atomic E-state index is 4.43. The third-order valence-electron chi connectivity index (χ3n) is 2.88. The van der Waals surface area contributed by atoms with Crippen molar-refractivity contribution >= 4 is 27.2 Å². The Hall–Kier alpha value is -2.27. The predicted octanol–water partition coefficient (Wildman–Crippen LogP) is 3.01. The lowest BCUT2D eigenvalue weighted by atomic mass is 10.2. The summed E-state index contributed by atoms with van der Waals surface area (Å²) in [5.41, 5.74) is 2.07. The van der Waals surface area contributed by atoms with Gasteiger partial charge in [0.15, 0.2) is 5.65 Å². The summed E-state index contributed by atoms with van der Waals surface area (Å²) in [6.45, 7) is 0. The summed E-state index contributed by atoms with van der Waals surface area (Å²) < 4.78 is 1.84. The zero-order valence-corrected chi connectivity index (χ0v) is 10.1. The number of fused-ring (bicyclic) bond motifs is 3. The second-order valence-corrected chi connectivity index (χ2v) is 5.03. The highest BCUT2D eigenvalue weighted by Crippen LogP contribution is 2.33. The molecule has 0 unspecified atom stereocenters. The van der Waals surface area contributed by atoms with E-state index in [0.717, 1.165) is 15.9 Å². The van der Waals surface area contributed by atoms with Crippen LogP contribution in [0, 0.1) is 0 Å². The molecule has 18 heavy (non-hydrogen) atoms. The monoisotopic (exact) mass is 252 g/mol. The van der Waals surface area contributed by atoms with E-state index in [9.17, 15) is 0 Å². The van der Waals surface area contributed by atoms with E-state index in [1.165, 1.54) is 10.4 Å². The molecular weight excluding hydrogens is 244 g/mol. The number of aromatic nitrogens is 4. The van der Waals surface area contributed by atoms with E-state index >= 15 is 0 Å². The van der Waals surface area contributed by atoms with Gasteiger partial charge in [0.2, 0.25) is 0 Å². The molecule has 0 saturated heterocycles. The van der Waals surface area contributed by atoms with Crippen LogP contribution in [0.2, 0.25) is 0 Å².